The van der Waals surface area contributed by atoms with Crippen molar-refractivity contribution >= 4 is 11.7 Å². The smallest absolute Gasteiger partial charge is 0.322 e. The quantitative estimate of drug-likeness (QED) is 0.897. The van der Waals surface area contributed by atoms with Crippen molar-refractivity contribution in [2.75, 3.05) is 11.9 Å². The lowest BCUT2D eigenvalue weighted by Gasteiger charge is -2.23. The van der Waals surface area contributed by atoms with Gasteiger partial charge in [0, 0.05) is 12.2 Å². The van der Waals surface area contributed by atoms with Gasteiger partial charge in [0.15, 0.2) is 0 Å². The SMILES string of the molecule is Cc1ccc(NC(=O)N2CCC[C@H]2c2ccco2)cc1. The van der Waals surface area contributed by atoms with Crippen LogP contribution >= 0.6 is 0 Å². The molecule has 0 aliphatic carbocycles. The molecule has 0 spiro atoms. The third-order valence-electron chi connectivity index (χ3n) is 3.69. The van der Waals surface area contributed by atoms with E-state index in [9.17, 15) is 4.79 Å². The molecule has 1 fully saturated rings. The first kappa shape index (κ1) is 12.8. The predicted molar refractivity (Wildman–Crippen MR) is 77.6 cm³/mol. The van der Waals surface area contributed by atoms with Crippen LogP contribution in [0.15, 0.2) is 47.1 Å². The molecule has 4 nitrogen and oxygen atoms in total. The molecule has 4 heteroatoms. The van der Waals surface area contributed by atoms with Crippen LogP contribution in [0.5, 0.6) is 0 Å². The molecule has 2 heterocycles. The Labute approximate surface area is 118 Å². The van der Waals surface area contributed by atoms with Crippen molar-refractivity contribution in [1.29, 1.82) is 0 Å². The van der Waals surface area contributed by atoms with Gasteiger partial charge in [0.2, 0.25) is 0 Å². The van der Waals surface area contributed by atoms with E-state index in [0.29, 0.717) is 0 Å². The molecule has 0 saturated carbocycles. The van der Waals surface area contributed by atoms with Crippen LogP contribution in [0.2, 0.25) is 0 Å². The van der Waals surface area contributed by atoms with Gasteiger partial charge in [-0.25, -0.2) is 4.79 Å². The van der Waals surface area contributed by atoms with Gasteiger partial charge in [0.1, 0.15) is 5.76 Å². The van der Waals surface area contributed by atoms with Crippen LogP contribution in [0.1, 0.15) is 30.2 Å². The fourth-order valence-corrected chi connectivity index (χ4v) is 2.62. The van der Waals surface area contributed by atoms with Gasteiger partial charge >= 0.3 is 6.03 Å². The number of aryl methyl sites for hydroxylation is 1. The molecule has 1 saturated heterocycles. The molecule has 2 amide bonds. The highest BCUT2D eigenvalue weighted by Gasteiger charge is 2.31. The molecule has 0 bridgehead atoms. The summed E-state index contributed by atoms with van der Waals surface area (Å²) in [5.41, 5.74) is 2.00. The third kappa shape index (κ3) is 2.54. The molecule has 1 aliphatic rings. The third-order valence-corrected chi connectivity index (χ3v) is 3.69. The molecule has 1 aliphatic heterocycles. The Hall–Kier alpha value is -2.23. The van der Waals surface area contributed by atoms with Crippen molar-refractivity contribution < 1.29 is 9.21 Å². The van der Waals surface area contributed by atoms with Gasteiger partial charge in [-0.1, -0.05) is 17.7 Å². The molecule has 1 N–H and O–H groups in total. The van der Waals surface area contributed by atoms with E-state index in [4.69, 9.17) is 4.42 Å². The van der Waals surface area contributed by atoms with E-state index in [1.807, 2.05) is 48.2 Å². The monoisotopic (exact) mass is 270 g/mol. The Morgan fingerprint density at radius 3 is 2.80 bits per heavy atom. The number of furan rings is 1. The van der Waals surface area contributed by atoms with Crippen LogP contribution in [0.4, 0.5) is 10.5 Å². The Balaban J connectivity index is 1.71. The fourth-order valence-electron chi connectivity index (χ4n) is 2.62. The van der Waals surface area contributed by atoms with E-state index in [1.165, 1.54) is 5.56 Å². The van der Waals surface area contributed by atoms with Gasteiger partial charge in [-0.3, -0.25) is 0 Å². The maximum Gasteiger partial charge on any atom is 0.322 e. The normalized spacial score (nSPS) is 18.2. The highest BCUT2D eigenvalue weighted by Crippen LogP contribution is 2.32. The van der Waals surface area contributed by atoms with E-state index in [1.54, 1.807) is 6.26 Å². The maximum absolute atomic E-state index is 12.4. The van der Waals surface area contributed by atoms with Crippen LogP contribution < -0.4 is 5.32 Å². The average Bonchev–Trinajstić information content (AvgIpc) is 3.11. The predicted octanol–water partition coefficient (Wildman–Crippen LogP) is 3.96. The lowest BCUT2D eigenvalue weighted by Crippen LogP contribution is -2.34. The number of likely N-dealkylation sites (tertiary alicyclic amines) is 1. The summed E-state index contributed by atoms with van der Waals surface area (Å²) in [4.78, 5) is 14.2. The molecular formula is C16H18N2O2. The second-order valence-corrected chi connectivity index (χ2v) is 5.16. The standard InChI is InChI=1S/C16H18N2O2/c1-12-6-8-13(9-7-12)17-16(19)18-10-2-4-14(18)15-5-3-11-20-15/h3,5-9,11,14H,2,4,10H2,1H3,(H,17,19)/t14-/m0/s1. The summed E-state index contributed by atoms with van der Waals surface area (Å²) in [5.74, 6) is 0.863. The number of amides is 2. The summed E-state index contributed by atoms with van der Waals surface area (Å²) in [6.07, 6.45) is 3.62. The molecule has 1 aromatic heterocycles. The zero-order valence-corrected chi connectivity index (χ0v) is 11.5. The number of hydrogen-bond acceptors (Lipinski definition) is 2. The molecule has 1 aromatic carbocycles. The number of urea groups is 1. The zero-order chi connectivity index (χ0) is 13.9. The maximum atomic E-state index is 12.4. The Morgan fingerprint density at radius 1 is 1.30 bits per heavy atom. The molecule has 0 unspecified atom stereocenters. The summed E-state index contributed by atoms with van der Waals surface area (Å²) in [6.45, 7) is 2.79. The van der Waals surface area contributed by atoms with Crippen molar-refractivity contribution in [1.82, 2.24) is 4.90 Å². The number of rotatable bonds is 2. The van der Waals surface area contributed by atoms with Gasteiger partial charge in [0.25, 0.3) is 0 Å². The molecule has 0 radical (unpaired) electrons. The first-order valence-corrected chi connectivity index (χ1v) is 6.92. The molecule has 104 valence electrons. The van der Waals surface area contributed by atoms with Crippen molar-refractivity contribution in [3.05, 3.63) is 54.0 Å². The van der Waals surface area contributed by atoms with E-state index >= 15 is 0 Å². The average molecular weight is 270 g/mol. The van der Waals surface area contributed by atoms with Crippen LogP contribution in [0.3, 0.4) is 0 Å². The summed E-state index contributed by atoms with van der Waals surface area (Å²) < 4.78 is 5.44. The van der Waals surface area contributed by atoms with Crippen molar-refractivity contribution in [2.24, 2.45) is 0 Å². The first-order chi connectivity index (χ1) is 9.74. The van der Waals surface area contributed by atoms with Gasteiger partial charge < -0.3 is 14.6 Å². The summed E-state index contributed by atoms with van der Waals surface area (Å²) in [7, 11) is 0. The lowest BCUT2D eigenvalue weighted by atomic mass is 10.2. The second kappa shape index (κ2) is 5.41. The van der Waals surface area contributed by atoms with Crippen molar-refractivity contribution in [2.45, 2.75) is 25.8 Å². The minimum Gasteiger partial charge on any atom is -0.467 e. The summed E-state index contributed by atoms with van der Waals surface area (Å²) in [6, 6.07) is 11.6. The number of nitrogens with one attached hydrogen (secondary N) is 1. The highest BCUT2D eigenvalue weighted by atomic mass is 16.3. The Bertz CT molecular complexity index is 575. The topological polar surface area (TPSA) is 45.5 Å². The number of nitrogens with zero attached hydrogens (tertiary/aromatic N) is 1. The van der Waals surface area contributed by atoms with Gasteiger partial charge in [-0.05, 0) is 44.0 Å². The molecule has 1 atom stereocenters. The minimum atomic E-state index is -0.0623. The minimum absolute atomic E-state index is 0.0513. The number of benzene rings is 1. The lowest BCUT2D eigenvalue weighted by molar-refractivity contribution is 0.200. The van der Waals surface area contributed by atoms with Crippen LogP contribution in [0, 0.1) is 6.92 Å². The molecule has 20 heavy (non-hydrogen) atoms. The van der Waals surface area contributed by atoms with Gasteiger partial charge in [-0.2, -0.15) is 0 Å². The van der Waals surface area contributed by atoms with Gasteiger partial charge in [0.05, 0.1) is 12.3 Å². The molecular weight excluding hydrogens is 252 g/mol. The van der Waals surface area contributed by atoms with Crippen LogP contribution in [-0.4, -0.2) is 17.5 Å². The van der Waals surface area contributed by atoms with Gasteiger partial charge in [-0.15, -0.1) is 0 Å². The fraction of sp³-hybridized carbons (Fsp3) is 0.312. The zero-order valence-electron chi connectivity index (χ0n) is 11.5. The number of carbonyl (C=O) groups is 1. The number of carbonyl (C=O) groups excluding carboxylic acids is 1. The second-order valence-electron chi connectivity index (χ2n) is 5.16. The van der Waals surface area contributed by atoms with E-state index in [2.05, 4.69) is 5.32 Å². The van der Waals surface area contributed by atoms with Crippen LogP contribution in [-0.2, 0) is 0 Å². The number of anilines is 1. The van der Waals surface area contributed by atoms with E-state index in [0.717, 1.165) is 30.8 Å². The van der Waals surface area contributed by atoms with Crippen LogP contribution in [0.25, 0.3) is 0 Å². The summed E-state index contributed by atoms with van der Waals surface area (Å²) in [5, 5.41) is 2.95. The first-order valence-electron chi connectivity index (χ1n) is 6.92. The largest absolute Gasteiger partial charge is 0.467 e. The Kier molecular flexibility index (Phi) is 3.46. The highest BCUT2D eigenvalue weighted by molar-refractivity contribution is 5.89. The summed E-state index contributed by atoms with van der Waals surface area (Å²) >= 11 is 0. The molecule has 2 aromatic rings. The van der Waals surface area contributed by atoms with Crippen molar-refractivity contribution in [3.63, 3.8) is 0 Å². The van der Waals surface area contributed by atoms with E-state index in [-0.39, 0.29) is 12.1 Å². The molecule has 3 rings (SSSR count). The van der Waals surface area contributed by atoms with E-state index < -0.39 is 0 Å². The number of hydrogen-bond donors (Lipinski definition) is 1. The Morgan fingerprint density at radius 2 is 2.10 bits per heavy atom. The van der Waals surface area contributed by atoms with Crippen molar-refractivity contribution in [3.8, 4) is 0 Å².